The van der Waals surface area contributed by atoms with Crippen LogP contribution < -0.4 is 10.6 Å². The number of anilines is 1. The number of nitrogens with one attached hydrogen (secondary N) is 2. The van der Waals surface area contributed by atoms with Crippen LogP contribution in [0.5, 0.6) is 0 Å². The predicted molar refractivity (Wildman–Crippen MR) is 98.7 cm³/mol. The summed E-state index contributed by atoms with van der Waals surface area (Å²) in [6.45, 7) is -0.00560. The van der Waals surface area contributed by atoms with Gasteiger partial charge in [-0.15, -0.1) is 0 Å². The number of carbonyl (C=O) groups excluding carboxylic acids is 1. The fraction of sp³-hybridized carbons (Fsp3) is 0.400. The third kappa shape index (κ3) is 5.45. The molecule has 0 unspecified atom stereocenters. The zero-order chi connectivity index (χ0) is 20.1. The predicted octanol–water partition coefficient (Wildman–Crippen LogP) is 3.75. The quantitative estimate of drug-likeness (QED) is 0.723. The van der Waals surface area contributed by atoms with Crippen LogP contribution in [0.2, 0.25) is 0 Å². The molecule has 1 saturated carbocycles. The Morgan fingerprint density at radius 2 is 1.89 bits per heavy atom. The molecule has 1 aromatic heterocycles. The van der Waals surface area contributed by atoms with Crippen molar-refractivity contribution >= 4 is 11.7 Å². The minimum Gasteiger partial charge on any atom is -0.393 e. The van der Waals surface area contributed by atoms with Crippen LogP contribution in [-0.4, -0.2) is 28.1 Å². The first-order chi connectivity index (χ1) is 13.3. The summed E-state index contributed by atoms with van der Waals surface area (Å²) in [6.07, 6.45) is -0.0353. The maximum Gasteiger partial charge on any atom is 0.416 e. The Bertz CT molecular complexity index is 818. The van der Waals surface area contributed by atoms with Crippen molar-refractivity contribution in [2.45, 2.75) is 50.6 Å². The minimum absolute atomic E-state index is 0.00560. The average molecular weight is 393 g/mol. The van der Waals surface area contributed by atoms with E-state index in [2.05, 4.69) is 15.6 Å². The highest BCUT2D eigenvalue weighted by Crippen LogP contribution is 2.29. The lowest BCUT2D eigenvalue weighted by Crippen LogP contribution is -2.29. The second-order valence-corrected chi connectivity index (χ2v) is 6.96. The van der Waals surface area contributed by atoms with Gasteiger partial charge in [0.1, 0.15) is 5.82 Å². The van der Waals surface area contributed by atoms with Crippen LogP contribution >= 0.6 is 0 Å². The van der Waals surface area contributed by atoms with Crippen LogP contribution in [0.25, 0.3) is 0 Å². The number of alkyl halides is 3. The van der Waals surface area contributed by atoms with Gasteiger partial charge in [0.2, 0.25) is 0 Å². The first kappa shape index (κ1) is 20.1. The Hall–Kier alpha value is -2.61. The van der Waals surface area contributed by atoms with Crippen LogP contribution in [0.4, 0.5) is 19.0 Å². The Labute approximate surface area is 161 Å². The van der Waals surface area contributed by atoms with Crippen molar-refractivity contribution in [3.8, 4) is 0 Å². The lowest BCUT2D eigenvalue weighted by Gasteiger charge is -2.26. The summed E-state index contributed by atoms with van der Waals surface area (Å²) in [6, 6.07) is 8.24. The molecular formula is C20H22F3N3O2. The SMILES string of the molecule is O=C(NCc1cccc(C(F)(F)F)c1)c1ccnc(NC2CCC(O)CC2)c1. The van der Waals surface area contributed by atoms with Gasteiger partial charge in [0.15, 0.2) is 0 Å². The fourth-order valence-corrected chi connectivity index (χ4v) is 3.22. The first-order valence-corrected chi connectivity index (χ1v) is 9.16. The number of hydrogen-bond acceptors (Lipinski definition) is 4. The summed E-state index contributed by atoms with van der Waals surface area (Å²) in [7, 11) is 0. The molecule has 3 rings (SSSR count). The number of pyridine rings is 1. The average Bonchev–Trinajstić information content (AvgIpc) is 2.68. The van der Waals surface area contributed by atoms with E-state index < -0.39 is 11.7 Å². The molecule has 1 aromatic carbocycles. The second-order valence-electron chi connectivity index (χ2n) is 6.96. The van der Waals surface area contributed by atoms with Gasteiger partial charge in [0, 0.05) is 24.3 Å². The summed E-state index contributed by atoms with van der Waals surface area (Å²) in [5.41, 5.74) is 0.00362. The highest BCUT2D eigenvalue weighted by Gasteiger charge is 2.30. The topological polar surface area (TPSA) is 74.2 Å². The number of halogens is 3. The normalized spacial score (nSPS) is 19.9. The number of aromatic nitrogens is 1. The van der Waals surface area contributed by atoms with E-state index in [1.807, 2.05) is 0 Å². The van der Waals surface area contributed by atoms with E-state index >= 15 is 0 Å². The molecule has 28 heavy (non-hydrogen) atoms. The Balaban J connectivity index is 1.59. The Morgan fingerprint density at radius 1 is 1.14 bits per heavy atom. The highest BCUT2D eigenvalue weighted by atomic mass is 19.4. The van der Waals surface area contributed by atoms with Crippen LogP contribution in [0, 0.1) is 0 Å². The molecule has 0 spiro atoms. The van der Waals surface area contributed by atoms with E-state index in [0.29, 0.717) is 16.9 Å². The molecular weight excluding hydrogens is 371 g/mol. The van der Waals surface area contributed by atoms with Gasteiger partial charge < -0.3 is 15.7 Å². The van der Waals surface area contributed by atoms with Gasteiger partial charge in [-0.3, -0.25) is 4.79 Å². The molecule has 0 atom stereocenters. The van der Waals surface area contributed by atoms with Crippen LogP contribution in [0.3, 0.4) is 0 Å². The lowest BCUT2D eigenvalue weighted by molar-refractivity contribution is -0.137. The molecule has 2 aromatic rings. The van der Waals surface area contributed by atoms with Crippen molar-refractivity contribution < 1.29 is 23.1 Å². The van der Waals surface area contributed by atoms with Gasteiger partial charge in [-0.05, 0) is 55.5 Å². The van der Waals surface area contributed by atoms with E-state index in [1.165, 1.54) is 18.3 Å². The summed E-state index contributed by atoms with van der Waals surface area (Å²) in [4.78, 5) is 16.6. The summed E-state index contributed by atoms with van der Waals surface area (Å²) in [5, 5.41) is 15.5. The monoisotopic (exact) mass is 393 g/mol. The zero-order valence-corrected chi connectivity index (χ0v) is 15.2. The standard InChI is InChI=1S/C20H22F3N3O2/c21-20(22,23)15-3-1-2-13(10-15)12-25-19(28)14-8-9-24-18(11-14)26-16-4-6-17(27)7-5-16/h1-3,8-11,16-17,27H,4-7,12H2,(H,24,26)(H,25,28). The number of rotatable bonds is 5. The smallest absolute Gasteiger partial charge is 0.393 e. The van der Waals surface area contributed by atoms with E-state index in [1.54, 1.807) is 12.1 Å². The maximum atomic E-state index is 12.8. The van der Waals surface area contributed by atoms with Crippen molar-refractivity contribution in [2.75, 3.05) is 5.32 Å². The van der Waals surface area contributed by atoms with Gasteiger partial charge in [-0.2, -0.15) is 13.2 Å². The molecule has 1 fully saturated rings. The van der Waals surface area contributed by atoms with Gasteiger partial charge in [-0.25, -0.2) is 4.98 Å². The third-order valence-corrected chi connectivity index (χ3v) is 4.78. The molecule has 1 heterocycles. The van der Waals surface area contributed by atoms with E-state index in [-0.39, 0.29) is 24.6 Å². The Kier molecular flexibility index (Phi) is 6.18. The van der Waals surface area contributed by atoms with Crippen molar-refractivity contribution in [2.24, 2.45) is 0 Å². The summed E-state index contributed by atoms with van der Waals surface area (Å²) in [5.74, 6) is 0.176. The molecule has 1 amide bonds. The van der Waals surface area contributed by atoms with Crippen molar-refractivity contribution in [1.82, 2.24) is 10.3 Å². The minimum atomic E-state index is -4.42. The third-order valence-electron chi connectivity index (χ3n) is 4.78. The summed E-state index contributed by atoms with van der Waals surface area (Å²) >= 11 is 0. The molecule has 150 valence electrons. The number of nitrogens with zero attached hydrogens (tertiary/aromatic N) is 1. The molecule has 0 aliphatic heterocycles. The molecule has 5 nitrogen and oxygen atoms in total. The lowest BCUT2D eigenvalue weighted by atomic mass is 9.93. The molecule has 1 aliphatic rings. The van der Waals surface area contributed by atoms with E-state index in [0.717, 1.165) is 37.8 Å². The fourth-order valence-electron chi connectivity index (χ4n) is 3.22. The summed E-state index contributed by atoms with van der Waals surface area (Å²) < 4.78 is 38.3. The van der Waals surface area contributed by atoms with Crippen molar-refractivity contribution in [3.63, 3.8) is 0 Å². The Morgan fingerprint density at radius 3 is 2.61 bits per heavy atom. The largest absolute Gasteiger partial charge is 0.416 e. The van der Waals surface area contributed by atoms with Gasteiger partial charge >= 0.3 is 6.18 Å². The van der Waals surface area contributed by atoms with Crippen LogP contribution in [0.1, 0.15) is 47.2 Å². The van der Waals surface area contributed by atoms with Crippen LogP contribution in [0.15, 0.2) is 42.6 Å². The molecule has 0 bridgehead atoms. The molecule has 3 N–H and O–H groups in total. The number of benzene rings is 1. The van der Waals surface area contributed by atoms with Gasteiger partial charge in [-0.1, -0.05) is 12.1 Å². The number of carbonyl (C=O) groups is 1. The molecule has 0 radical (unpaired) electrons. The molecule has 8 heteroatoms. The van der Waals surface area contributed by atoms with Crippen molar-refractivity contribution in [1.29, 1.82) is 0 Å². The zero-order valence-electron chi connectivity index (χ0n) is 15.2. The number of aliphatic hydroxyl groups is 1. The number of aliphatic hydroxyl groups excluding tert-OH is 1. The number of hydrogen-bond donors (Lipinski definition) is 3. The maximum absolute atomic E-state index is 12.8. The van der Waals surface area contributed by atoms with Gasteiger partial charge in [0.05, 0.1) is 11.7 Å². The molecule has 1 aliphatic carbocycles. The van der Waals surface area contributed by atoms with E-state index in [4.69, 9.17) is 0 Å². The van der Waals surface area contributed by atoms with E-state index in [9.17, 15) is 23.1 Å². The highest BCUT2D eigenvalue weighted by molar-refractivity contribution is 5.94. The molecule has 0 saturated heterocycles. The second kappa shape index (κ2) is 8.60. The van der Waals surface area contributed by atoms with Gasteiger partial charge in [0.25, 0.3) is 5.91 Å². The first-order valence-electron chi connectivity index (χ1n) is 9.16. The van der Waals surface area contributed by atoms with Crippen LogP contribution in [-0.2, 0) is 12.7 Å². The number of amides is 1. The van der Waals surface area contributed by atoms with Crippen molar-refractivity contribution in [3.05, 3.63) is 59.3 Å².